The highest BCUT2D eigenvalue weighted by atomic mass is 35.5. The molecule has 2 aromatic carbocycles. The van der Waals surface area contributed by atoms with E-state index in [-0.39, 0.29) is 24.3 Å². The molecule has 2 aromatic rings. The topological polar surface area (TPSA) is 70.2 Å². The lowest BCUT2D eigenvalue weighted by Gasteiger charge is -2.14. The molecule has 0 aliphatic heterocycles. The SMILES string of the molecule is Cc1c(NCC(=O)Nc2cc(Cl)cc(Cl)c2)cccc1NC(=O)C1CC1. The van der Waals surface area contributed by atoms with Crippen LogP contribution in [0.5, 0.6) is 0 Å². The molecule has 3 rings (SSSR count). The van der Waals surface area contributed by atoms with Gasteiger partial charge in [-0.15, -0.1) is 0 Å². The first kappa shape index (κ1) is 18.5. The lowest BCUT2D eigenvalue weighted by molar-refractivity contribution is -0.117. The van der Waals surface area contributed by atoms with Gasteiger partial charge in [0.25, 0.3) is 0 Å². The summed E-state index contributed by atoms with van der Waals surface area (Å²) in [6, 6.07) is 10.4. The van der Waals surface area contributed by atoms with Crippen molar-refractivity contribution in [1.29, 1.82) is 0 Å². The number of benzene rings is 2. The van der Waals surface area contributed by atoms with Gasteiger partial charge in [0, 0.05) is 33.0 Å². The molecule has 0 unspecified atom stereocenters. The van der Waals surface area contributed by atoms with Crippen molar-refractivity contribution in [2.24, 2.45) is 5.92 Å². The molecule has 7 heteroatoms. The minimum absolute atomic E-state index is 0.0563. The fraction of sp³-hybridized carbons (Fsp3) is 0.263. The molecular weight excluding hydrogens is 373 g/mol. The molecule has 1 aliphatic rings. The lowest BCUT2D eigenvalue weighted by Crippen LogP contribution is -2.22. The van der Waals surface area contributed by atoms with Crippen LogP contribution in [0.25, 0.3) is 0 Å². The van der Waals surface area contributed by atoms with Crippen molar-refractivity contribution in [2.45, 2.75) is 19.8 Å². The van der Waals surface area contributed by atoms with Gasteiger partial charge >= 0.3 is 0 Å². The normalized spacial score (nSPS) is 13.2. The molecule has 2 amide bonds. The fourth-order valence-electron chi connectivity index (χ4n) is 2.55. The van der Waals surface area contributed by atoms with E-state index in [2.05, 4.69) is 16.0 Å². The van der Waals surface area contributed by atoms with E-state index in [0.717, 1.165) is 29.8 Å². The Balaban J connectivity index is 1.60. The van der Waals surface area contributed by atoms with Crippen LogP contribution >= 0.6 is 23.2 Å². The third-order valence-corrected chi connectivity index (χ3v) is 4.56. The van der Waals surface area contributed by atoms with Crippen LogP contribution in [0.1, 0.15) is 18.4 Å². The molecule has 1 saturated carbocycles. The van der Waals surface area contributed by atoms with Gasteiger partial charge in [-0.05, 0) is 55.7 Å². The van der Waals surface area contributed by atoms with Crippen molar-refractivity contribution >= 4 is 52.1 Å². The summed E-state index contributed by atoms with van der Waals surface area (Å²) in [4.78, 5) is 24.1. The maximum Gasteiger partial charge on any atom is 0.243 e. The van der Waals surface area contributed by atoms with Gasteiger partial charge < -0.3 is 16.0 Å². The summed E-state index contributed by atoms with van der Waals surface area (Å²) < 4.78 is 0. The van der Waals surface area contributed by atoms with Crippen LogP contribution in [0.15, 0.2) is 36.4 Å². The van der Waals surface area contributed by atoms with E-state index in [4.69, 9.17) is 23.2 Å². The quantitative estimate of drug-likeness (QED) is 0.667. The minimum atomic E-state index is -0.227. The van der Waals surface area contributed by atoms with Gasteiger partial charge in [-0.25, -0.2) is 0 Å². The molecule has 0 heterocycles. The molecule has 0 radical (unpaired) electrons. The smallest absolute Gasteiger partial charge is 0.243 e. The van der Waals surface area contributed by atoms with E-state index in [1.807, 2.05) is 25.1 Å². The summed E-state index contributed by atoms with van der Waals surface area (Å²) >= 11 is 11.9. The van der Waals surface area contributed by atoms with Crippen molar-refractivity contribution < 1.29 is 9.59 Å². The van der Waals surface area contributed by atoms with Crippen LogP contribution in [0.3, 0.4) is 0 Å². The first-order valence-corrected chi connectivity index (χ1v) is 9.08. The molecule has 3 N–H and O–H groups in total. The Kier molecular flexibility index (Phi) is 5.69. The Morgan fingerprint density at radius 2 is 1.69 bits per heavy atom. The van der Waals surface area contributed by atoms with Crippen LogP contribution in [0.2, 0.25) is 10.0 Å². The van der Waals surface area contributed by atoms with Crippen molar-refractivity contribution in [3.05, 3.63) is 52.0 Å². The second-order valence-corrected chi connectivity index (χ2v) is 7.17. The van der Waals surface area contributed by atoms with Crippen LogP contribution in [-0.2, 0) is 9.59 Å². The van der Waals surface area contributed by atoms with Crippen molar-refractivity contribution in [1.82, 2.24) is 0 Å². The maximum atomic E-state index is 12.2. The maximum absolute atomic E-state index is 12.2. The molecule has 0 atom stereocenters. The van der Waals surface area contributed by atoms with Crippen molar-refractivity contribution in [3.8, 4) is 0 Å². The third kappa shape index (κ3) is 4.90. The number of hydrogen-bond acceptors (Lipinski definition) is 3. The van der Waals surface area contributed by atoms with E-state index in [1.165, 1.54) is 0 Å². The Hall–Kier alpha value is -2.24. The van der Waals surface area contributed by atoms with E-state index < -0.39 is 0 Å². The lowest BCUT2D eigenvalue weighted by atomic mass is 10.1. The fourth-order valence-corrected chi connectivity index (χ4v) is 3.08. The van der Waals surface area contributed by atoms with E-state index in [1.54, 1.807) is 18.2 Å². The summed E-state index contributed by atoms with van der Waals surface area (Å²) in [6.45, 7) is 1.98. The zero-order valence-corrected chi connectivity index (χ0v) is 15.7. The number of carbonyl (C=O) groups excluding carboxylic acids is 2. The molecule has 1 fully saturated rings. The van der Waals surface area contributed by atoms with Gasteiger partial charge in [0.15, 0.2) is 0 Å². The predicted octanol–water partition coefficient (Wildman–Crippen LogP) is 4.70. The zero-order chi connectivity index (χ0) is 18.7. The summed E-state index contributed by atoms with van der Waals surface area (Å²) in [6.07, 6.45) is 1.91. The van der Waals surface area contributed by atoms with Gasteiger partial charge in [-0.3, -0.25) is 9.59 Å². The summed E-state index contributed by atoms with van der Waals surface area (Å²) in [5, 5.41) is 9.69. The van der Waals surface area contributed by atoms with Gasteiger partial charge in [0.2, 0.25) is 11.8 Å². The number of nitrogens with one attached hydrogen (secondary N) is 3. The summed E-state index contributed by atoms with van der Waals surface area (Å²) in [7, 11) is 0. The Morgan fingerprint density at radius 3 is 2.35 bits per heavy atom. The van der Waals surface area contributed by atoms with E-state index in [9.17, 15) is 9.59 Å². The average molecular weight is 392 g/mol. The zero-order valence-electron chi connectivity index (χ0n) is 14.2. The van der Waals surface area contributed by atoms with Gasteiger partial charge in [0.05, 0.1) is 6.54 Å². The number of rotatable bonds is 6. The molecule has 0 spiro atoms. The van der Waals surface area contributed by atoms with E-state index in [0.29, 0.717) is 15.7 Å². The highest BCUT2D eigenvalue weighted by molar-refractivity contribution is 6.35. The van der Waals surface area contributed by atoms with E-state index >= 15 is 0 Å². The first-order valence-electron chi connectivity index (χ1n) is 8.32. The van der Waals surface area contributed by atoms with Crippen molar-refractivity contribution in [2.75, 3.05) is 22.5 Å². The number of carbonyl (C=O) groups is 2. The van der Waals surface area contributed by atoms with Gasteiger partial charge in [0.1, 0.15) is 0 Å². The predicted molar refractivity (Wildman–Crippen MR) is 106 cm³/mol. The second kappa shape index (κ2) is 7.98. The molecule has 136 valence electrons. The van der Waals surface area contributed by atoms with Crippen molar-refractivity contribution in [3.63, 3.8) is 0 Å². The third-order valence-electron chi connectivity index (χ3n) is 4.13. The van der Waals surface area contributed by atoms with Crippen LogP contribution < -0.4 is 16.0 Å². The van der Waals surface area contributed by atoms with Crippen LogP contribution in [0, 0.1) is 12.8 Å². The average Bonchev–Trinajstić information content (AvgIpc) is 3.39. The molecular formula is C19H19Cl2N3O2. The highest BCUT2D eigenvalue weighted by Crippen LogP contribution is 2.31. The van der Waals surface area contributed by atoms with Crippen LogP contribution in [-0.4, -0.2) is 18.4 Å². The summed E-state index contributed by atoms with van der Waals surface area (Å²) in [5.74, 6) is -0.0303. The molecule has 0 bridgehead atoms. The molecule has 26 heavy (non-hydrogen) atoms. The standard InChI is InChI=1S/C19H19Cl2N3O2/c1-11-16(3-2-4-17(11)24-19(26)12-5-6-12)22-10-18(25)23-15-8-13(20)7-14(21)9-15/h2-4,7-9,12,22H,5-6,10H2,1H3,(H,23,25)(H,24,26). The molecule has 5 nitrogen and oxygen atoms in total. The molecule has 0 aromatic heterocycles. The monoisotopic (exact) mass is 391 g/mol. The Morgan fingerprint density at radius 1 is 1.04 bits per heavy atom. The molecule has 0 saturated heterocycles. The number of amides is 2. The Bertz CT molecular complexity index is 830. The summed E-state index contributed by atoms with van der Waals surface area (Å²) in [5.41, 5.74) is 2.98. The number of hydrogen-bond donors (Lipinski definition) is 3. The highest BCUT2D eigenvalue weighted by Gasteiger charge is 2.29. The Labute approximate surface area is 162 Å². The number of anilines is 3. The van der Waals surface area contributed by atoms with Gasteiger partial charge in [-0.1, -0.05) is 29.3 Å². The van der Waals surface area contributed by atoms with Crippen LogP contribution in [0.4, 0.5) is 17.1 Å². The van der Waals surface area contributed by atoms with Gasteiger partial charge in [-0.2, -0.15) is 0 Å². The largest absolute Gasteiger partial charge is 0.376 e. The molecule has 1 aliphatic carbocycles. The minimum Gasteiger partial charge on any atom is -0.376 e. The second-order valence-electron chi connectivity index (χ2n) is 6.30. The first-order chi connectivity index (χ1) is 12.4. The number of halogens is 2.